The molecule has 0 aliphatic heterocycles. The Balaban J connectivity index is 1.95. The molecule has 5 heteroatoms. The molecule has 2 aromatic carbocycles. The van der Waals surface area contributed by atoms with Crippen molar-refractivity contribution in [2.24, 2.45) is 0 Å². The fourth-order valence-corrected chi connectivity index (χ4v) is 2.00. The first-order valence-electron chi connectivity index (χ1n) is 7.77. The molecule has 0 aromatic heterocycles. The van der Waals surface area contributed by atoms with Gasteiger partial charge in [-0.05, 0) is 29.3 Å². The van der Waals surface area contributed by atoms with Crippen LogP contribution in [-0.4, -0.2) is 26.3 Å². The van der Waals surface area contributed by atoms with E-state index in [-0.39, 0.29) is 18.8 Å². The second-order valence-electron chi connectivity index (χ2n) is 5.14. The van der Waals surface area contributed by atoms with E-state index in [0.29, 0.717) is 17.9 Å². The van der Waals surface area contributed by atoms with E-state index in [1.165, 1.54) is 13.2 Å². The largest absolute Gasteiger partial charge is 0.489 e. The minimum Gasteiger partial charge on any atom is -0.489 e. The van der Waals surface area contributed by atoms with Gasteiger partial charge in [0.1, 0.15) is 30.6 Å². The number of benzene rings is 2. The molecular formula is C20H19NO4. The highest BCUT2D eigenvalue weighted by atomic mass is 16.6. The summed E-state index contributed by atoms with van der Waals surface area (Å²) in [5, 5.41) is 9.10. The van der Waals surface area contributed by atoms with Gasteiger partial charge in [0.15, 0.2) is 0 Å². The first-order chi connectivity index (χ1) is 12.2. The molecule has 2 rings (SSSR count). The molecule has 2 aromatic rings. The molecule has 0 amide bonds. The van der Waals surface area contributed by atoms with Crippen molar-refractivity contribution in [1.29, 1.82) is 5.26 Å². The van der Waals surface area contributed by atoms with Crippen molar-refractivity contribution in [2.75, 3.05) is 20.3 Å². The Bertz CT molecular complexity index is 746. The lowest BCUT2D eigenvalue weighted by atomic mass is 10.1. The van der Waals surface area contributed by atoms with Gasteiger partial charge in [-0.3, -0.25) is 0 Å². The average molecular weight is 337 g/mol. The van der Waals surface area contributed by atoms with Crippen molar-refractivity contribution in [1.82, 2.24) is 0 Å². The van der Waals surface area contributed by atoms with Gasteiger partial charge in [-0.15, -0.1) is 0 Å². The topological polar surface area (TPSA) is 68.5 Å². The molecule has 0 aliphatic rings. The fourth-order valence-electron chi connectivity index (χ4n) is 2.00. The van der Waals surface area contributed by atoms with Crippen molar-refractivity contribution in [2.45, 2.75) is 6.61 Å². The number of ether oxygens (including phenoxy) is 3. The molecule has 0 atom stereocenters. The van der Waals surface area contributed by atoms with Crippen LogP contribution in [0.1, 0.15) is 11.1 Å². The van der Waals surface area contributed by atoms with Gasteiger partial charge in [0.05, 0.1) is 6.61 Å². The lowest BCUT2D eigenvalue weighted by Crippen LogP contribution is -2.11. The molecule has 25 heavy (non-hydrogen) atoms. The van der Waals surface area contributed by atoms with Gasteiger partial charge in [-0.25, -0.2) is 4.79 Å². The van der Waals surface area contributed by atoms with Crippen LogP contribution in [0.5, 0.6) is 5.75 Å². The predicted molar refractivity (Wildman–Crippen MR) is 93.6 cm³/mol. The summed E-state index contributed by atoms with van der Waals surface area (Å²) in [4.78, 5) is 11.8. The zero-order chi connectivity index (χ0) is 17.9. The van der Waals surface area contributed by atoms with Crippen LogP contribution in [0.4, 0.5) is 0 Å². The van der Waals surface area contributed by atoms with Crippen molar-refractivity contribution in [3.8, 4) is 11.8 Å². The van der Waals surface area contributed by atoms with Crippen LogP contribution in [0.15, 0.2) is 60.2 Å². The molecular weight excluding hydrogens is 318 g/mol. The van der Waals surface area contributed by atoms with Crippen LogP contribution in [0.25, 0.3) is 6.08 Å². The molecule has 0 bridgehead atoms. The molecule has 0 saturated heterocycles. The fraction of sp³-hybridized carbons (Fsp3) is 0.200. The maximum atomic E-state index is 11.8. The molecule has 0 radical (unpaired) electrons. The Morgan fingerprint density at radius 3 is 2.44 bits per heavy atom. The molecule has 0 unspecified atom stereocenters. The van der Waals surface area contributed by atoms with Crippen LogP contribution in [0.2, 0.25) is 0 Å². The van der Waals surface area contributed by atoms with Gasteiger partial charge < -0.3 is 14.2 Å². The highest BCUT2D eigenvalue weighted by Gasteiger charge is 2.10. The minimum atomic E-state index is -0.663. The van der Waals surface area contributed by atoms with Crippen LogP contribution in [0.3, 0.4) is 0 Å². The van der Waals surface area contributed by atoms with Crippen LogP contribution >= 0.6 is 0 Å². The van der Waals surface area contributed by atoms with Crippen molar-refractivity contribution < 1.29 is 19.0 Å². The smallest absolute Gasteiger partial charge is 0.348 e. The van der Waals surface area contributed by atoms with Crippen molar-refractivity contribution >= 4 is 12.0 Å². The minimum absolute atomic E-state index is 0.0611. The number of methoxy groups -OCH3 is 1. The maximum absolute atomic E-state index is 11.8. The number of carbonyl (C=O) groups is 1. The molecule has 0 saturated carbocycles. The van der Waals surface area contributed by atoms with Gasteiger partial charge >= 0.3 is 5.97 Å². The Morgan fingerprint density at radius 2 is 1.80 bits per heavy atom. The summed E-state index contributed by atoms with van der Waals surface area (Å²) in [5.74, 6) is 0.0473. The third-order valence-electron chi connectivity index (χ3n) is 3.30. The van der Waals surface area contributed by atoms with E-state index in [0.717, 1.165) is 5.56 Å². The normalized spacial score (nSPS) is 10.8. The predicted octanol–water partition coefficient (Wildman–Crippen LogP) is 3.36. The molecule has 128 valence electrons. The van der Waals surface area contributed by atoms with E-state index in [9.17, 15) is 4.79 Å². The molecule has 0 heterocycles. The van der Waals surface area contributed by atoms with Crippen LogP contribution in [0, 0.1) is 11.3 Å². The summed E-state index contributed by atoms with van der Waals surface area (Å²) in [7, 11) is 1.51. The SMILES string of the molecule is COCCOC(=O)/C(C#N)=C/c1ccc(OCc2ccccc2)cc1. The number of hydrogen-bond acceptors (Lipinski definition) is 5. The highest BCUT2D eigenvalue weighted by Crippen LogP contribution is 2.16. The number of rotatable bonds is 8. The maximum Gasteiger partial charge on any atom is 0.348 e. The number of hydrogen-bond donors (Lipinski definition) is 0. The van der Waals surface area contributed by atoms with Gasteiger partial charge in [-0.2, -0.15) is 5.26 Å². The molecule has 0 spiro atoms. The summed E-state index contributed by atoms with van der Waals surface area (Å²) in [6, 6.07) is 18.9. The Hall–Kier alpha value is -3.10. The van der Waals surface area contributed by atoms with E-state index < -0.39 is 5.97 Å². The summed E-state index contributed by atoms with van der Waals surface area (Å²) < 4.78 is 15.4. The zero-order valence-corrected chi connectivity index (χ0v) is 14.0. The van der Waals surface area contributed by atoms with Crippen LogP contribution < -0.4 is 4.74 Å². The summed E-state index contributed by atoms with van der Waals surface area (Å²) >= 11 is 0. The summed E-state index contributed by atoms with van der Waals surface area (Å²) in [5.41, 5.74) is 1.73. The van der Waals surface area contributed by atoms with E-state index in [4.69, 9.17) is 19.5 Å². The van der Waals surface area contributed by atoms with E-state index in [1.807, 2.05) is 36.4 Å². The van der Waals surface area contributed by atoms with Crippen molar-refractivity contribution in [3.63, 3.8) is 0 Å². The quantitative estimate of drug-likeness (QED) is 0.320. The van der Waals surface area contributed by atoms with Gasteiger partial charge in [0.25, 0.3) is 0 Å². The van der Waals surface area contributed by atoms with Gasteiger partial charge in [0.2, 0.25) is 0 Å². The molecule has 0 N–H and O–H groups in total. The number of nitrogens with zero attached hydrogens (tertiary/aromatic N) is 1. The number of carbonyl (C=O) groups excluding carboxylic acids is 1. The van der Waals surface area contributed by atoms with Gasteiger partial charge in [0, 0.05) is 7.11 Å². The summed E-state index contributed by atoms with van der Waals surface area (Å²) in [6.07, 6.45) is 1.48. The first-order valence-corrected chi connectivity index (χ1v) is 7.77. The molecule has 5 nitrogen and oxygen atoms in total. The third-order valence-corrected chi connectivity index (χ3v) is 3.30. The standard InChI is InChI=1S/C20H19NO4/c1-23-11-12-24-20(22)18(14-21)13-16-7-9-19(10-8-16)25-15-17-5-3-2-4-6-17/h2-10,13H,11-12,15H2,1H3/b18-13+. The van der Waals surface area contributed by atoms with Crippen molar-refractivity contribution in [3.05, 3.63) is 71.3 Å². The molecule has 0 fully saturated rings. The van der Waals surface area contributed by atoms with Crippen LogP contribution in [-0.2, 0) is 20.9 Å². The highest BCUT2D eigenvalue weighted by molar-refractivity contribution is 5.97. The first kappa shape index (κ1) is 18.2. The lowest BCUT2D eigenvalue weighted by Gasteiger charge is -2.06. The third kappa shape index (κ3) is 6.13. The Kier molecular flexibility index (Phi) is 7.23. The van der Waals surface area contributed by atoms with E-state index >= 15 is 0 Å². The summed E-state index contributed by atoms with van der Waals surface area (Å²) in [6.45, 7) is 0.879. The van der Waals surface area contributed by atoms with Gasteiger partial charge in [-0.1, -0.05) is 42.5 Å². The lowest BCUT2D eigenvalue weighted by molar-refractivity contribution is -0.139. The number of nitriles is 1. The number of esters is 1. The Morgan fingerprint density at radius 1 is 1.08 bits per heavy atom. The second-order valence-corrected chi connectivity index (χ2v) is 5.14. The monoisotopic (exact) mass is 337 g/mol. The second kappa shape index (κ2) is 9.91. The molecule has 0 aliphatic carbocycles. The zero-order valence-electron chi connectivity index (χ0n) is 14.0. The van der Waals surface area contributed by atoms with E-state index in [1.54, 1.807) is 24.3 Å². The Labute approximate surface area is 147 Å². The average Bonchev–Trinajstić information content (AvgIpc) is 2.66. The van der Waals surface area contributed by atoms with E-state index in [2.05, 4.69) is 0 Å².